The number of hydrogen-bond acceptors (Lipinski definition) is 2. The lowest BCUT2D eigenvalue weighted by molar-refractivity contribution is 0.189. The average Bonchev–Trinajstić information content (AvgIpc) is 2.22. The first-order valence-corrected chi connectivity index (χ1v) is 6.24. The molecule has 0 aromatic rings. The Balaban J connectivity index is 3.92. The molecule has 0 saturated carbocycles. The summed E-state index contributed by atoms with van der Waals surface area (Å²) in [7, 11) is 0. The molecule has 2 nitrogen and oxygen atoms in total. The van der Waals surface area contributed by atoms with Gasteiger partial charge in [-0.15, -0.1) is 0 Å². The smallest absolute Gasteiger partial charge is 0.0215 e. The van der Waals surface area contributed by atoms with Crippen molar-refractivity contribution in [1.82, 2.24) is 4.90 Å². The summed E-state index contributed by atoms with van der Waals surface area (Å²) in [4.78, 5) is 2.58. The number of rotatable bonds is 9. The molecule has 0 heterocycles. The molecule has 1 atom stereocenters. The van der Waals surface area contributed by atoms with E-state index >= 15 is 0 Å². The first-order chi connectivity index (χ1) is 6.79. The number of nitrogens with zero attached hydrogens (tertiary/aromatic N) is 1. The van der Waals surface area contributed by atoms with Crippen LogP contribution in [0, 0.1) is 0 Å². The SMILES string of the molecule is CCCCN(CCCC)C(CC)CN. The number of hydrogen-bond donors (Lipinski definition) is 1. The summed E-state index contributed by atoms with van der Waals surface area (Å²) in [5.41, 5.74) is 5.79. The van der Waals surface area contributed by atoms with Crippen molar-refractivity contribution in [3.63, 3.8) is 0 Å². The lowest BCUT2D eigenvalue weighted by atomic mass is 10.1. The Morgan fingerprint density at radius 3 is 1.79 bits per heavy atom. The third-order valence-corrected chi connectivity index (χ3v) is 2.86. The van der Waals surface area contributed by atoms with Gasteiger partial charge < -0.3 is 5.73 Å². The Hall–Kier alpha value is -0.0800. The molecular weight excluding hydrogens is 172 g/mol. The predicted molar refractivity (Wildman–Crippen MR) is 64.5 cm³/mol. The van der Waals surface area contributed by atoms with Crippen molar-refractivity contribution in [1.29, 1.82) is 0 Å². The molecule has 0 spiro atoms. The fourth-order valence-electron chi connectivity index (χ4n) is 1.77. The molecule has 1 unspecified atom stereocenters. The first kappa shape index (κ1) is 13.9. The normalized spacial score (nSPS) is 13.5. The van der Waals surface area contributed by atoms with Crippen molar-refractivity contribution in [2.45, 2.75) is 58.9 Å². The van der Waals surface area contributed by atoms with Crippen molar-refractivity contribution in [2.75, 3.05) is 19.6 Å². The monoisotopic (exact) mass is 200 g/mol. The van der Waals surface area contributed by atoms with Gasteiger partial charge in [-0.1, -0.05) is 33.6 Å². The zero-order chi connectivity index (χ0) is 10.8. The van der Waals surface area contributed by atoms with Crippen molar-refractivity contribution in [2.24, 2.45) is 5.73 Å². The van der Waals surface area contributed by atoms with E-state index in [9.17, 15) is 0 Å². The molecule has 0 radical (unpaired) electrons. The zero-order valence-corrected chi connectivity index (χ0v) is 10.3. The molecule has 2 N–H and O–H groups in total. The van der Waals surface area contributed by atoms with Crippen LogP contribution in [0.2, 0.25) is 0 Å². The van der Waals surface area contributed by atoms with Gasteiger partial charge in [0.1, 0.15) is 0 Å². The standard InChI is InChI=1S/C12H28N2/c1-4-7-9-14(10-8-5-2)12(6-3)11-13/h12H,4-11,13H2,1-3H3. The lowest BCUT2D eigenvalue weighted by Crippen LogP contribution is -2.41. The molecule has 2 heteroatoms. The summed E-state index contributed by atoms with van der Waals surface area (Å²) in [6.07, 6.45) is 6.36. The third-order valence-electron chi connectivity index (χ3n) is 2.86. The number of unbranched alkanes of at least 4 members (excludes halogenated alkanes) is 2. The van der Waals surface area contributed by atoms with Gasteiger partial charge in [0.2, 0.25) is 0 Å². The van der Waals surface area contributed by atoms with Crippen LogP contribution in [0.25, 0.3) is 0 Å². The molecule has 0 aromatic carbocycles. The molecule has 0 aliphatic carbocycles. The van der Waals surface area contributed by atoms with Crippen LogP contribution in [-0.4, -0.2) is 30.6 Å². The van der Waals surface area contributed by atoms with E-state index in [-0.39, 0.29) is 0 Å². The second-order valence-corrected chi connectivity index (χ2v) is 4.04. The van der Waals surface area contributed by atoms with Gasteiger partial charge in [-0.3, -0.25) is 4.90 Å². The van der Waals surface area contributed by atoms with Gasteiger partial charge in [0.25, 0.3) is 0 Å². The molecule has 0 aliphatic rings. The van der Waals surface area contributed by atoms with E-state index in [0.29, 0.717) is 6.04 Å². The maximum absolute atomic E-state index is 5.79. The van der Waals surface area contributed by atoms with Crippen molar-refractivity contribution < 1.29 is 0 Å². The molecule has 0 amide bonds. The molecule has 0 aromatic heterocycles. The van der Waals surface area contributed by atoms with E-state index < -0.39 is 0 Å². The Morgan fingerprint density at radius 1 is 1.00 bits per heavy atom. The van der Waals surface area contributed by atoms with Crippen LogP contribution in [0.1, 0.15) is 52.9 Å². The largest absolute Gasteiger partial charge is 0.329 e. The molecule has 14 heavy (non-hydrogen) atoms. The van der Waals surface area contributed by atoms with E-state index in [1.165, 1.54) is 45.2 Å². The summed E-state index contributed by atoms with van der Waals surface area (Å²) >= 11 is 0. The average molecular weight is 200 g/mol. The summed E-state index contributed by atoms with van der Waals surface area (Å²) in [6.45, 7) is 10.0. The second kappa shape index (κ2) is 9.47. The van der Waals surface area contributed by atoms with Crippen molar-refractivity contribution in [3.8, 4) is 0 Å². The van der Waals surface area contributed by atoms with Crippen LogP contribution in [0.15, 0.2) is 0 Å². The topological polar surface area (TPSA) is 29.3 Å². The Bertz CT molecular complexity index is 103. The maximum Gasteiger partial charge on any atom is 0.0215 e. The first-order valence-electron chi connectivity index (χ1n) is 6.24. The van der Waals surface area contributed by atoms with E-state index in [2.05, 4.69) is 25.7 Å². The van der Waals surface area contributed by atoms with Crippen LogP contribution in [0.3, 0.4) is 0 Å². The summed E-state index contributed by atoms with van der Waals surface area (Å²) in [5, 5.41) is 0. The van der Waals surface area contributed by atoms with Gasteiger partial charge in [0.15, 0.2) is 0 Å². The van der Waals surface area contributed by atoms with E-state index in [0.717, 1.165) is 6.54 Å². The van der Waals surface area contributed by atoms with E-state index in [1.54, 1.807) is 0 Å². The molecular formula is C12H28N2. The summed E-state index contributed by atoms with van der Waals surface area (Å²) in [6, 6.07) is 0.605. The van der Waals surface area contributed by atoms with Crippen LogP contribution < -0.4 is 5.73 Å². The Labute approximate surface area is 89.9 Å². The minimum atomic E-state index is 0.605. The maximum atomic E-state index is 5.79. The van der Waals surface area contributed by atoms with Gasteiger partial charge in [-0.25, -0.2) is 0 Å². The van der Waals surface area contributed by atoms with Crippen LogP contribution in [0.5, 0.6) is 0 Å². The van der Waals surface area contributed by atoms with Gasteiger partial charge >= 0.3 is 0 Å². The van der Waals surface area contributed by atoms with Gasteiger partial charge in [-0.2, -0.15) is 0 Å². The molecule has 0 saturated heterocycles. The van der Waals surface area contributed by atoms with E-state index in [4.69, 9.17) is 5.73 Å². The van der Waals surface area contributed by atoms with Gasteiger partial charge in [0, 0.05) is 12.6 Å². The van der Waals surface area contributed by atoms with Crippen molar-refractivity contribution in [3.05, 3.63) is 0 Å². The quantitative estimate of drug-likeness (QED) is 0.620. The molecule has 0 aliphatic heterocycles. The van der Waals surface area contributed by atoms with Crippen LogP contribution >= 0.6 is 0 Å². The van der Waals surface area contributed by atoms with E-state index in [1.807, 2.05) is 0 Å². The van der Waals surface area contributed by atoms with Gasteiger partial charge in [-0.05, 0) is 32.4 Å². The minimum absolute atomic E-state index is 0.605. The fraction of sp³-hybridized carbons (Fsp3) is 1.00. The lowest BCUT2D eigenvalue weighted by Gasteiger charge is -2.30. The molecule has 86 valence electrons. The third kappa shape index (κ3) is 5.61. The second-order valence-electron chi connectivity index (χ2n) is 4.04. The van der Waals surface area contributed by atoms with Gasteiger partial charge in [0.05, 0.1) is 0 Å². The zero-order valence-electron chi connectivity index (χ0n) is 10.3. The molecule has 0 rings (SSSR count). The number of nitrogens with two attached hydrogens (primary N) is 1. The highest BCUT2D eigenvalue weighted by atomic mass is 15.2. The summed E-state index contributed by atoms with van der Waals surface area (Å²) in [5.74, 6) is 0. The molecule has 0 fully saturated rings. The highest BCUT2D eigenvalue weighted by Gasteiger charge is 2.13. The van der Waals surface area contributed by atoms with Crippen LogP contribution in [0.4, 0.5) is 0 Å². The minimum Gasteiger partial charge on any atom is -0.329 e. The highest BCUT2D eigenvalue weighted by molar-refractivity contribution is 4.70. The fourth-order valence-corrected chi connectivity index (χ4v) is 1.77. The van der Waals surface area contributed by atoms with Crippen molar-refractivity contribution >= 4 is 0 Å². The summed E-state index contributed by atoms with van der Waals surface area (Å²) < 4.78 is 0. The Kier molecular flexibility index (Phi) is 9.42. The predicted octanol–water partition coefficient (Wildman–Crippen LogP) is 2.63. The molecule has 0 bridgehead atoms. The Morgan fingerprint density at radius 2 is 1.50 bits per heavy atom. The highest BCUT2D eigenvalue weighted by Crippen LogP contribution is 2.07. The van der Waals surface area contributed by atoms with Crippen LogP contribution in [-0.2, 0) is 0 Å².